The summed E-state index contributed by atoms with van der Waals surface area (Å²) in [5.41, 5.74) is 0.775. The number of likely N-dealkylation sites (tertiary alicyclic amines) is 1. The summed E-state index contributed by atoms with van der Waals surface area (Å²) in [6, 6.07) is 3.85. The highest BCUT2D eigenvalue weighted by Gasteiger charge is 2.34. The average Bonchev–Trinajstić information content (AvgIpc) is 3.13. The summed E-state index contributed by atoms with van der Waals surface area (Å²) >= 11 is 0. The molecule has 134 valence electrons. The first-order valence-corrected chi connectivity index (χ1v) is 8.69. The van der Waals surface area contributed by atoms with Crippen molar-refractivity contribution in [3.05, 3.63) is 41.7 Å². The molecule has 3 rings (SSSR count). The van der Waals surface area contributed by atoms with Gasteiger partial charge in [0.2, 0.25) is 0 Å². The van der Waals surface area contributed by atoms with Crippen molar-refractivity contribution < 1.29 is 9.21 Å². The molecule has 6 heteroatoms. The fourth-order valence-corrected chi connectivity index (χ4v) is 3.05. The van der Waals surface area contributed by atoms with Gasteiger partial charge in [-0.3, -0.25) is 4.79 Å². The highest BCUT2D eigenvalue weighted by molar-refractivity contribution is 5.93. The van der Waals surface area contributed by atoms with Crippen LogP contribution in [0.3, 0.4) is 0 Å². The van der Waals surface area contributed by atoms with Crippen molar-refractivity contribution >= 4 is 11.7 Å². The number of carbonyl (C=O) groups excluding carboxylic acids is 1. The van der Waals surface area contributed by atoms with Gasteiger partial charge in [0.15, 0.2) is 5.76 Å². The van der Waals surface area contributed by atoms with Gasteiger partial charge in [0.1, 0.15) is 11.6 Å². The van der Waals surface area contributed by atoms with Crippen molar-refractivity contribution in [1.29, 1.82) is 0 Å². The Morgan fingerprint density at radius 2 is 2.08 bits per heavy atom. The molecule has 0 aromatic carbocycles. The molecule has 1 aliphatic heterocycles. The molecule has 2 atom stereocenters. The van der Waals surface area contributed by atoms with Gasteiger partial charge < -0.3 is 14.6 Å². The Morgan fingerprint density at radius 3 is 2.72 bits per heavy atom. The largest absolute Gasteiger partial charge is 0.459 e. The minimum Gasteiger partial charge on any atom is -0.459 e. The fraction of sp³-hybridized carbons (Fsp3) is 0.526. The van der Waals surface area contributed by atoms with E-state index in [0.29, 0.717) is 24.8 Å². The van der Waals surface area contributed by atoms with Gasteiger partial charge in [0.05, 0.1) is 6.26 Å². The van der Waals surface area contributed by atoms with Gasteiger partial charge in [-0.1, -0.05) is 27.7 Å². The van der Waals surface area contributed by atoms with Gasteiger partial charge in [-0.2, -0.15) is 0 Å². The van der Waals surface area contributed by atoms with Crippen LogP contribution in [-0.4, -0.2) is 39.9 Å². The van der Waals surface area contributed by atoms with Crippen molar-refractivity contribution in [2.75, 3.05) is 18.4 Å². The number of aromatic nitrogens is 2. The van der Waals surface area contributed by atoms with Gasteiger partial charge in [0, 0.05) is 36.3 Å². The molecule has 1 amide bonds. The van der Waals surface area contributed by atoms with Crippen LogP contribution in [0, 0.1) is 12.8 Å². The zero-order chi connectivity index (χ0) is 18.2. The second-order valence-corrected chi connectivity index (χ2v) is 7.89. The molecule has 1 aliphatic rings. The third kappa shape index (κ3) is 3.67. The molecule has 2 aromatic rings. The van der Waals surface area contributed by atoms with Crippen molar-refractivity contribution in [2.45, 2.75) is 46.1 Å². The van der Waals surface area contributed by atoms with E-state index >= 15 is 0 Å². The summed E-state index contributed by atoms with van der Waals surface area (Å²) in [6.45, 7) is 11.7. The molecule has 0 unspecified atom stereocenters. The molecular weight excluding hydrogens is 316 g/mol. The van der Waals surface area contributed by atoms with E-state index in [1.807, 2.05) is 24.0 Å². The van der Waals surface area contributed by atoms with E-state index in [9.17, 15) is 4.79 Å². The molecule has 2 aromatic heterocycles. The third-order valence-corrected chi connectivity index (χ3v) is 4.62. The SMILES string of the molecule is Cc1ccoc1C(=O)N1C[C@@H](C)[C@H](Nc2ccnc(C(C)(C)C)n2)C1. The summed E-state index contributed by atoms with van der Waals surface area (Å²) < 4.78 is 5.35. The summed E-state index contributed by atoms with van der Waals surface area (Å²) in [6.07, 6.45) is 3.34. The number of rotatable bonds is 3. The molecule has 0 bridgehead atoms. The molecular formula is C19H26N4O2. The number of nitrogens with one attached hydrogen (secondary N) is 1. The maximum absolute atomic E-state index is 12.6. The zero-order valence-corrected chi connectivity index (χ0v) is 15.5. The zero-order valence-electron chi connectivity index (χ0n) is 15.5. The van der Waals surface area contributed by atoms with Crippen molar-refractivity contribution in [2.24, 2.45) is 5.92 Å². The van der Waals surface area contributed by atoms with Crippen LogP contribution in [0.5, 0.6) is 0 Å². The predicted octanol–water partition coefficient (Wildman–Crippen LogP) is 3.25. The molecule has 0 radical (unpaired) electrons. The first kappa shape index (κ1) is 17.5. The smallest absolute Gasteiger partial charge is 0.289 e. The second kappa shape index (κ2) is 6.50. The number of aryl methyl sites for hydroxylation is 1. The second-order valence-electron chi connectivity index (χ2n) is 7.89. The average molecular weight is 342 g/mol. The van der Waals surface area contributed by atoms with Gasteiger partial charge in [-0.15, -0.1) is 0 Å². The quantitative estimate of drug-likeness (QED) is 0.927. The molecule has 3 heterocycles. The molecule has 1 N–H and O–H groups in total. The highest BCUT2D eigenvalue weighted by Crippen LogP contribution is 2.24. The number of carbonyl (C=O) groups is 1. The molecule has 0 saturated carbocycles. The van der Waals surface area contributed by atoms with E-state index in [-0.39, 0.29) is 17.4 Å². The Labute approximate surface area is 148 Å². The predicted molar refractivity (Wildman–Crippen MR) is 96.7 cm³/mol. The maximum Gasteiger partial charge on any atom is 0.289 e. The molecule has 1 saturated heterocycles. The molecule has 6 nitrogen and oxygen atoms in total. The van der Waals surface area contributed by atoms with Crippen LogP contribution in [0.25, 0.3) is 0 Å². The minimum absolute atomic E-state index is 0.0447. The van der Waals surface area contributed by atoms with Crippen LogP contribution in [0.1, 0.15) is 49.6 Å². The number of hydrogen-bond acceptors (Lipinski definition) is 5. The van der Waals surface area contributed by atoms with Crippen molar-refractivity contribution in [1.82, 2.24) is 14.9 Å². The molecule has 0 spiro atoms. The van der Waals surface area contributed by atoms with Crippen molar-refractivity contribution in [3.8, 4) is 0 Å². The Hall–Kier alpha value is -2.37. The first-order chi connectivity index (χ1) is 11.8. The lowest BCUT2D eigenvalue weighted by Gasteiger charge is -2.20. The van der Waals surface area contributed by atoms with Crippen LogP contribution in [-0.2, 0) is 5.41 Å². The van der Waals surface area contributed by atoms with Gasteiger partial charge in [-0.25, -0.2) is 9.97 Å². The Bertz CT molecular complexity index is 763. The summed E-state index contributed by atoms with van der Waals surface area (Å²) in [5.74, 6) is 2.33. The van der Waals surface area contributed by atoms with Crippen LogP contribution in [0.15, 0.2) is 29.0 Å². The lowest BCUT2D eigenvalue weighted by molar-refractivity contribution is 0.0754. The lowest BCUT2D eigenvalue weighted by Crippen LogP contribution is -2.32. The number of hydrogen-bond donors (Lipinski definition) is 1. The van der Waals surface area contributed by atoms with E-state index in [1.54, 1.807) is 12.5 Å². The van der Waals surface area contributed by atoms with Gasteiger partial charge in [-0.05, 0) is 25.0 Å². The maximum atomic E-state index is 12.6. The van der Waals surface area contributed by atoms with Crippen molar-refractivity contribution in [3.63, 3.8) is 0 Å². The topological polar surface area (TPSA) is 71.3 Å². The lowest BCUT2D eigenvalue weighted by atomic mass is 9.96. The van der Waals surface area contributed by atoms with E-state index in [4.69, 9.17) is 4.42 Å². The van der Waals surface area contributed by atoms with Crippen LogP contribution < -0.4 is 5.32 Å². The molecule has 1 fully saturated rings. The third-order valence-electron chi connectivity index (χ3n) is 4.62. The van der Waals surface area contributed by atoms with E-state index in [0.717, 1.165) is 17.2 Å². The standard InChI is InChI=1S/C19H26N4O2/c1-12-7-9-25-16(12)17(24)23-10-13(2)14(11-23)21-15-6-8-20-18(22-15)19(3,4)5/h6-9,13-14H,10-11H2,1-5H3,(H,20,21,22)/t13-,14-/m1/s1. The highest BCUT2D eigenvalue weighted by atomic mass is 16.3. The van der Waals surface area contributed by atoms with Crippen LogP contribution in [0.2, 0.25) is 0 Å². The van der Waals surface area contributed by atoms with Gasteiger partial charge in [0.25, 0.3) is 5.91 Å². The fourth-order valence-electron chi connectivity index (χ4n) is 3.05. The monoisotopic (exact) mass is 342 g/mol. The minimum atomic E-state index is -0.0994. The molecule has 25 heavy (non-hydrogen) atoms. The Balaban J connectivity index is 1.71. The Kier molecular flexibility index (Phi) is 4.54. The normalized spacial score (nSPS) is 20.8. The number of anilines is 1. The number of nitrogens with zero attached hydrogens (tertiary/aromatic N) is 3. The van der Waals surface area contributed by atoms with Crippen LogP contribution >= 0.6 is 0 Å². The first-order valence-electron chi connectivity index (χ1n) is 8.69. The van der Waals surface area contributed by atoms with E-state index < -0.39 is 0 Å². The van der Waals surface area contributed by atoms with E-state index in [2.05, 4.69) is 43.0 Å². The number of amides is 1. The summed E-state index contributed by atoms with van der Waals surface area (Å²) in [7, 11) is 0. The molecule has 0 aliphatic carbocycles. The van der Waals surface area contributed by atoms with Gasteiger partial charge >= 0.3 is 0 Å². The number of furan rings is 1. The van der Waals surface area contributed by atoms with E-state index in [1.165, 1.54) is 0 Å². The van der Waals surface area contributed by atoms with Crippen LogP contribution in [0.4, 0.5) is 5.82 Å². The summed E-state index contributed by atoms with van der Waals surface area (Å²) in [4.78, 5) is 23.5. The Morgan fingerprint density at radius 1 is 1.32 bits per heavy atom. The summed E-state index contributed by atoms with van der Waals surface area (Å²) in [5, 5.41) is 3.47.